The summed E-state index contributed by atoms with van der Waals surface area (Å²) in [5, 5.41) is 2.69. The van der Waals surface area contributed by atoms with Crippen molar-refractivity contribution in [1.82, 2.24) is 5.32 Å². The van der Waals surface area contributed by atoms with Crippen LogP contribution in [-0.2, 0) is 0 Å². The maximum atomic E-state index is 12.9. The summed E-state index contributed by atoms with van der Waals surface area (Å²) in [5.41, 5.74) is 1.82. The van der Waals surface area contributed by atoms with Crippen LogP contribution in [0, 0.1) is 17.7 Å². The summed E-state index contributed by atoms with van der Waals surface area (Å²) in [6.07, 6.45) is 0. The van der Waals surface area contributed by atoms with Gasteiger partial charge in [-0.1, -0.05) is 60.4 Å². The fourth-order valence-electron chi connectivity index (χ4n) is 2.52. The Labute approximate surface area is 156 Å². The molecule has 1 amide bonds. The molecule has 27 heavy (non-hydrogen) atoms. The normalized spacial score (nSPS) is 9.81. The molecular formula is C23H16FNO2. The molecule has 3 nitrogen and oxygen atoms in total. The Balaban J connectivity index is 1.71. The highest BCUT2D eigenvalue weighted by Gasteiger charge is 2.17. The van der Waals surface area contributed by atoms with E-state index in [1.807, 2.05) is 6.07 Å². The Hall–Kier alpha value is -3.71. The molecule has 0 saturated heterocycles. The molecule has 1 N–H and O–H groups in total. The molecule has 0 spiro atoms. The van der Waals surface area contributed by atoms with E-state index in [4.69, 9.17) is 0 Å². The van der Waals surface area contributed by atoms with Crippen LogP contribution in [0.3, 0.4) is 0 Å². The molecule has 0 bridgehead atoms. The van der Waals surface area contributed by atoms with E-state index in [9.17, 15) is 14.0 Å². The van der Waals surface area contributed by atoms with E-state index in [1.165, 1.54) is 12.1 Å². The van der Waals surface area contributed by atoms with Crippen molar-refractivity contribution in [1.29, 1.82) is 0 Å². The number of ketones is 1. The van der Waals surface area contributed by atoms with Crippen LogP contribution in [0.5, 0.6) is 0 Å². The monoisotopic (exact) mass is 357 g/mol. The summed E-state index contributed by atoms with van der Waals surface area (Å²) >= 11 is 0. The Morgan fingerprint density at radius 1 is 0.815 bits per heavy atom. The minimum absolute atomic E-state index is 0.115. The van der Waals surface area contributed by atoms with Gasteiger partial charge in [0.1, 0.15) is 5.82 Å². The SMILES string of the molecule is O=C(NCC#Cc1ccc(F)cc1)c1ccccc1C(=O)c1ccccc1. The summed E-state index contributed by atoms with van der Waals surface area (Å²) in [4.78, 5) is 25.2. The smallest absolute Gasteiger partial charge is 0.252 e. The predicted octanol–water partition coefficient (Wildman–Crippen LogP) is 3.84. The average Bonchev–Trinajstić information content (AvgIpc) is 2.72. The second-order valence-corrected chi connectivity index (χ2v) is 5.73. The molecule has 0 saturated carbocycles. The number of rotatable bonds is 4. The fourth-order valence-corrected chi connectivity index (χ4v) is 2.52. The summed E-state index contributed by atoms with van der Waals surface area (Å²) in [6.45, 7) is 0.115. The Bertz CT molecular complexity index is 1020. The number of hydrogen-bond acceptors (Lipinski definition) is 2. The standard InChI is InChI=1S/C23H16FNO2/c24-19-14-12-17(13-15-19)7-6-16-25-23(27)21-11-5-4-10-20(21)22(26)18-8-2-1-3-9-18/h1-5,8-15H,16H2,(H,25,27). The Morgan fingerprint density at radius 3 is 2.15 bits per heavy atom. The van der Waals surface area contributed by atoms with Gasteiger partial charge in [-0.2, -0.15) is 0 Å². The van der Waals surface area contributed by atoms with E-state index in [-0.39, 0.29) is 24.1 Å². The molecule has 0 atom stereocenters. The average molecular weight is 357 g/mol. The van der Waals surface area contributed by atoms with Crippen molar-refractivity contribution < 1.29 is 14.0 Å². The lowest BCUT2D eigenvalue weighted by atomic mass is 9.98. The van der Waals surface area contributed by atoms with Crippen molar-refractivity contribution >= 4 is 11.7 Å². The number of benzene rings is 3. The third-order valence-corrected chi connectivity index (χ3v) is 3.87. The summed E-state index contributed by atoms with van der Waals surface area (Å²) in [5.74, 6) is 4.75. The number of carbonyl (C=O) groups is 2. The van der Waals surface area contributed by atoms with Gasteiger partial charge >= 0.3 is 0 Å². The van der Waals surface area contributed by atoms with E-state index in [0.717, 1.165) is 0 Å². The lowest BCUT2D eigenvalue weighted by Crippen LogP contribution is -2.25. The van der Waals surface area contributed by atoms with Gasteiger partial charge in [0.25, 0.3) is 5.91 Å². The number of halogens is 1. The van der Waals surface area contributed by atoms with Crippen molar-refractivity contribution in [3.63, 3.8) is 0 Å². The molecule has 0 radical (unpaired) electrons. The predicted molar refractivity (Wildman–Crippen MR) is 102 cm³/mol. The molecule has 3 aromatic rings. The van der Waals surface area contributed by atoms with Crippen LogP contribution < -0.4 is 5.32 Å². The lowest BCUT2D eigenvalue weighted by molar-refractivity contribution is 0.0946. The van der Waals surface area contributed by atoms with Crippen LogP contribution in [0.2, 0.25) is 0 Å². The molecule has 0 fully saturated rings. The minimum Gasteiger partial charge on any atom is -0.341 e. The number of carbonyl (C=O) groups excluding carboxylic acids is 2. The van der Waals surface area contributed by atoms with Gasteiger partial charge in [0, 0.05) is 16.7 Å². The Kier molecular flexibility index (Phi) is 5.76. The largest absolute Gasteiger partial charge is 0.341 e. The van der Waals surface area contributed by atoms with Crippen molar-refractivity contribution in [2.45, 2.75) is 0 Å². The van der Waals surface area contributed by atoms with Crippen molar-refractivity contribution in [2.75, 3.05) is 6.54 Å². The molecule has 4 heteroatoms. The van der Waals surface area contributed by atoms with Gasteiger partial charge in [-0.05, 0) is 30.3 Å². The molecule has 3 aromatic carbocycles. The highest BCUT2D eigenvalue weighted by Crippen LogP contribution is 2.14. The van der Waals surface area contributed by atoms with Crippen LogP contribution in [-0.4, -0.2) is 18.2 Å². The lowest BCUT2D eigenvalue weighted by Gasteiger charge is -2.08. The zero-order valence-corrected chi connectivity index (χ0v) is 14.4. The summed E-state index contributed by atoms with van der Waals surface area (Å²) < 4.78 is 12.9. The molecule has 0 aromatic heterocycles. The third-order valence-electron chi connectivity index (χ3n) is 3.87. The van der Waals surface area contributed by atoms with Crippen molar-refractivity contribution in [2.24, 2.45) is 0 Å². The van der Waals surface area contributed by atoms with Gasteiger partial charge in [-0.3, -0.25) is 9.59 Å². The van der Waals surface area contributed by atoms with Gasteiger partial charge < -0.3 is 5.32 Å². The summed E-state index contributed by atoms with van der Waals surface area (Å²) in [6, 6.07) is 21.3. The van der Waals surface area contributed by atoms with E-state index in [1.54, 1.807) is 60.7 Å². The quantitative estimate of drug-likeness (QED) is 0.570. The fraction of sp³-hybridized carbons (Fsp3) is 0.0435. The topological polar surface area (TPSA) is 46.2 Å². The zero-order valence-electron chi connectivity index (χ0n) is 14.4. The maximum Gasteiger partial charge on any atom is 0.252 e. The molecular weight excluding hydrogens is 341 g/mol. The molecule has 0 aliphatic carbocycles. The molecule has 0 aliphatic rings. The van der Waals surface area contributed by atoms with E-state index in [0.29, 0.717) is 22.3 Å². The first-order chi connectivity index (χ1) is 13.1. The maximum absolute atomic E-state index is 12.9. The first kappa shape index (κ1) is 18.1. The van der Waals surface area contributed by atoms with Gasteiger partial charge in [0.15, 0.2) is 5.78 Å². The van der Waals surface area contributed by atoms with E-state index >= 15 is 0 Å². The van der Waals surface area contributed by atoms with Gasteiger partial charge in [-0.25, -0.2) is 4.39 Å². The van der Waals surface area contributed by atoms with Gasteiger partial charge in [0.2, 0.25) is 0 Å². The molecule has 0 unspecified atom stereocenters. The van der Waals surface area contributed by atoms with Crippen LogP contribution in [0.4, 0.5) is 4.39 Å². The number of hydrogen-bond donors (Lipinski definition) is 1. The second kappa shape index (κ2) is 8.59. The van der Waals surface area contributed by atoms with Crippen molar-refractivity contribution in [3.05, 3.63) is 107 Å². The molecule has 132 valence electrons. The van der Waals surface area contributed by atoms with E-state index in [2.05, 4.69) is 17.2 Å². The zero-order chi connectivity index (χ0) is 19.1. The van der Waals surface area contributed by atoms with Gasteiger partial charge in [-0.15, -0.1) is 0 Å². The first-order valence-electron chi connectivity index (χ1n) is 8.36. The minimum atomic E-state index is -0.372. The molecule has 0 heterocycles. The third kappa shape index (κ3) is 4.68. The molecule has 0 aliphatic heterocycles. The van der Waals surface area contributed by atoms with Crippen LogP contribution in [0.15, 0.2) is 78.9 Å². The Morgan fingerprint density at radius 2 is 1.44 bits per heavy atom. The number of nitrogens with one attached hydrogen (secondary N) is 1. The second-order valence-electron chi connectivity index (χ2n) is 5.73. The summed E-state index contributed by atoms with van der Waals surface area (Å²) in [7, 11) is 0. The first-order valence-corrected chi connectivity index (χ1v) is 8.36. The highest BCUT2D eigenvalue weighted by atomic mass is 19.1. The van der Waals surface area contributed by atoms with Gasteiger partial charge in [0.05, 0.1) is 12.1 Å². The highest BCUT2D eigenvalue weighted by molar-refractivity contribution is 6.15. The van der Waals surface area contributed by atoms with Crippen LogP contribution in [0.1, 0.15) is 31.8 Å². The van der Waals surface area contributed by atoms with E-state index < -0.39 is 0 Å². The molecule has 3 rings (SSSR count). The number of amides is 1. The van der Waals surface area contributed by atoms with Crippen molar-refractivity contribution in [3.8, 4) is 11.8 Å². The van der Waals surface area contributed by atoms with Crippen LogP contribution in [0.25, 0.3) is 0 Å². The van der Waals surface area contributed by atoms with Crippen LogP contribution >= 0.6 is 0 Å².